The second-order valence-electron chi connectivity index (χ2n) is 9.05. The molecule has 1 fully saturated rings. The molecule has 0 saturated heterocycles. The summed E-state index contributed by atoms with van der Waals surface area (Å²) in [6.07, 6.45) is 6.99. The lowest BCUT2D eigenvalue weighted by Gasteiger charge is -2.40. The molecule has 1 aliphatic carbocycles. The topological polar surface area (TPSA) is 79.9 Å². The van der Waals surface area contributed by atoms with Gasteiger partial charge in [0.2, 0.25) is 5.91 Å². The number of methoxy groups -OCH3 is 2. The van der Waals surface area contributed by atoms with E-state index >= 15 is 0 Å². The van der Waals surface area contributed by atoms with Gasteiger partial charge in [-0.1, -0.05) is 39.5 Å². The Morgan fingerprint density at radius 3 is 2.00 bits per heavy atom. The Morgan fingerprint density at radius 2 is 1.55 bits per heavy atom. The van der Waals surface area contributed by atoms with Crippen molar-refractivity contribution in [2.45, 2.75) is 64.0 Å². The average Bonchev–Trinajstić information content (AvgIpc) is 3.01. The smallest absolute Gasteiger partial charge is 0.252 e. The molecule has 1 aliphatic rings. The van der Waals surface area contributed by atoms with Gasteiger partial charge in [0.25, 0.3) is 5.91 Å². The van der Waals surface area contributed by atoms with Crippen LogP contribution in [0.3, 0.4) is 0 Å². The first-order chi connectivity index (χ1) is 14.7. The van der Waals surface area contributed by atoms with Crippen molar-refractivity contribution in [1.29, 1.82) is 0 Å². The van der Waals surface area contributed by atoms with Crippen molar-refractivity contribution in [2.24, 2.45) is 5.92 Å². The molecule has 2 N–H and O–H groups in total. The molecule has 1 atom stereocenters. The van der Waals surface area contributed by atoms with E-state index in [-0.39, 0.29) is 23.3 Å². The molecular formula is C24H39N3O4. The fourth-order valence-electron chi connectivity index (χ4n) is 4.23. The molecule has 1 aromatic carbocycles. The minimum Gasteiger partial charge on any atom is -0.497 e. The third kappa shape index (κ3) is 6.60. The minimum atomic E-state index is -0.630. The Kier molecular flexibility index (Phi) is 9.16. The van der Waals surface area contributed by atoms with Gasteiger partial charge in [-0.25, -0.2) is 0 Å². The number of carbonyl (C=O) groups excluding carboxylic acids is 2. The van der Waals surface area contributed by atoms with Crippen LogP contribution in [0, 0.1) is 5.92 Å². The summed E-state index contributed by atoms with van der Waals surface area (Å²) in [5.41, 5.74) is 0.362. The van der Waals surface area contributed by atoms with Crippen LogP contribution in [0.1, 0.15) is 62.7 Å². The summed E-state index contributed by atoms with van der Waals surface area (Å²) in [6.45, 7) is 4.46. The van der Waals surface area contributed by atoms with Crippen molar-refractivity contribution in [2.75, 3.05) is 34.9 Å². The van der Waals surface area contributed by atoms with Crippen molar-refractivity contribution in [3.8, 4) is 11.5 Å². The van der Waals surface area contributed by atoms with Gasteiger partial charge in [0, 0.05) is 23.7 Å². The molecule has 0 radical (unpaired) electrons. The van der Waals surface area contributed by atoms with Crippen molar-refractivity contribution in [1.82, 2.24) is 15.5 Å². The summed E-state index contributed by atoms with van der Waals surface area (Å²) in [4.78, 5) is 28.3. The number of nitrogens with zero attached hydrogens (tertiary/aromatic N) is 1. The van der Waals surface area contributed by atoms with Crippen LogP contribution in [0.4, 0.5) is 0 Å². The zero-order chi connectivity index (χ0) is 23.0. The first-order valence-corrected chi connectivity index (χ1v) is 11.2. The predicted octanol–water partition coefficient (Wildman–Crippen LogP) is 3.23. The highest BCUT2D eigenvalue weighted by Gasteiger charge is 2.35. The number of rotatable bonds is 9. The molecule has 2 rings (SSSR count). The van der Waals surface area contributed by atoms with E-state index in [2.05, 4.69) is 29.6 Å². The molecule has 2 amide bonds. The van der Waals surface area contributed by atoms with Gasteiger partial charge in [-0.3, -0.25) is 9.59 Å². The summed E-state index contributed by atoms with van der Waals surface area (Å²) in [7, 11) is 7.26. The largest absolute Gasteiger partial charge is 0.497 e. The quantitative estimate of drug-likeness (QED) is 0.585. The van der Waals surface area contributed by atoms with Gasteiger partial charge in [-0.15, -0.1) is 0 Å². The van der Waals surface area contributed by atoms with E-state index in [1.165, 1.54) is 39.9 Å². The van der Waals surface area contributed by atoms with E-state index in [0.29, 0.717) is 23.6 Å². The molecule has 174 valence electrons. The number of nitrogens with one attached hydrogen (secondary N) is 2. The highest BCUT2D eigenvalue weighted by Crippen LogP contribution is 2.30. The second kappa shape index (κ2) is 11.4. The highest BCUT2D eigenvalue weighted by atomic mass is 16.5. The van der Waals surface area contributed by atoms with Crippen LogP contribution in [0.2, 0.25) is 0 Å². The third-order valence-electron chi connectivity index (χ3n) is 6.42. The Labute approximate surface area is 186 Å². The van der Waals surface area contributed by atoms with Gasteiger partial charge in [0.15, 0.2) is 0 Å². The van der Waals surface area contributed by atoms with E-state index in [9.17, 15) is 9.59 Å². The molecule has 0 heterocycles. The Morgan fingerprint density at radius 1 is 1.00 bits per heavy atom. The molecule has 0 spiro atoms. The highest BCUT2D eigenvalue weighted by molar-refractivity contribution is 5.98. The average molecular weight is 434 g/mol. The van der Waals surface area contributed by atoms with Crippen LogP contribution in [0.15, 0.2) is 18.2 Å². The van der Waals surface area contributed by atoms with E-state index in [1.54, 1.807) is 18.2 Å². The number of likely N-dealkylation sites (N-methyl/N-ethyl adjacent to an activating group) is 1. The molecule has 0 bridgehead atoms. The first-order valence-electron chi connectivity index (χ1n) is 11.2. The number of ether oxygens (including phenoxy) is 2. The summed E-state index contributed by atoms with van der Waals surface area (Å²) < 4.78 is 10.5. The van der Waals surface area contributed by atoms with E-state index < -0.39 is 6.04 Å². The van der Waals surface area contributed by atoms with E-state index in [1.807, 2.05) is 13.8 Å². The predicted molar refractivity (Wildman–Crippen MR) is 123 cm³/mol. The Bertz CT molecular complexity index is 718. The van der Waals surface area contributed by atoms with Crippen LogP contribution in [-0.2, 0) is 4.79 Å². The maximum Gasteiger partial charge on any atom is 0.252 e. The van der Waals surface area contributed by atoms with Crippen LogP contribution in [0.5, 0.6) is 11.5 Å². The molecule has 31 heavy (non-hydrogen) atoms. The van der Waals surface area contributed by atoms with Gasteiger partial charge < -0.3 is 25.0 Å². The zero-order valence-electron chi connectivity index (χ0n) is 19.9. The third-order valence-corrected chi connectivity index (χ3v) is 6.42. The van der Waals surface area contributed by atoms with Gasteiger partial charge in [-0.2, -0.15) is 0 Å². The van der Waals surface area contributed by atoms with Crippen LogP contribution in [-0.4, -0.2) is 63.2 Å². The van der Waals surface area contributed by atoms with Crippen molar-refractivity contribution in [3.05, 3.63) is 23.8 Å². The maximum absolute atomic E-state index is 13.1. The van der Waals surface area contributed by atoms with Crippen molar-refractivity contribution in [3.63, 3.8) is 0 Å². The first kappa shape index (κ1) is 25.0. The molecule has 1 aromatic rings. The normalized spacial score (nSPS) is 17.0. The summed E-state index contributed by atoms with van der Waals surface area (Å²) in [5.74, 6) is 0.514. The maximum atomic E-state index is 13.1. The zero-order valence-corrected chi connectivity index (χ0v) is 19.9. The number of hydrogen-bond donors (Lipinski definition) is 2. The van der Waals surface area contributed by atoms with E-state index in [4.69, 9.17) is 9.47 Å². The van der Waals surface area contributed by atoms with Gasteiger partial charge in [0.05, 0.1) is 14.2 Å². The molecule has 1 saturated carbocycles. The fraction of sp³-hybridized carbons (Fsp3) is 0.667. The van der Waals surface area contributed by atoms with E-state index in [0.717, 1.165) is 12.8 Å². The molecule has 0 aromatic heterocycles. The molecule has 7 heteroatoms. The van der Waals surface area contributed by atoms with Gasteiger partial charge >= 0.3 is 0 Å². The SMILES string of the molecule is COc1cc(OC)cc(C(=O)NC(C(=O)NCC2(N(C)C)CCCCCC2)C(C)C)c1. The summed E-state index contributed by atoms with van der Waals surface area (Å²) in [6, 6.07) is 4.35. The molecular weight excluding hydrogens is 394 g/mol. The van der Waals surface area contributed by atoms with Crippen LogP contribution < -0.4 is 20.1 Å². The summed E-state index contributed by atoms with van der Waals surface area (Å²) >= 11 is 0. The lowest BCUT2D eigenvalue weighted by molar-refractivity contribution is -0.124. The van der Waals surface area contributed by atoms with Crippen molar-refractivity contribution >= 4 is 11.8 Å². The van der Waals surface area contributed by atoms with Crippen LogP contribution in [0.25, 0.3) is 0 Å². The Balaban J connectivity index is 2.11. The molecule has 0 aliphatic heterocycles. The number of carbonyl (C=O) groups is 2. The van der Waals surface area contributed by atoms with Crippen molar-refractivity contribution < 1.29 is 19.1 Å². The standard InChI is InChI=1S/C24H39N3O4/c1-17(2)21(26-22(28)18-13-19(30-5)15-20(14-18)31-6)23(29)25-16-24(27(3)4)11-9-7-8-10-12-24/h13-15,17,21H,7-12,16H2,1-6H3,(H,25,29)(H,26,28). The lowest BCUT2D eigenvalue weighted by Crippen LogP contribution is -2.56. The van der Waals surface area contributed by atoms with Gasteiger partial charge in [-0.05, 0) is 45.0 Å². The second-order valence-corrected chi connectivity index (χ2v) is 9.05. The Hall–Kier alpha value is -2.28. The summed E-state index contributed by atoms with van der Waals surface area (Å²) in [5, 5.41) is 6.04. The molecule has 1 unspecified atom stereocenters. The number of hydrogen-bond acceptors (Lipinski definition) is 5. The monoisotopic (exact) mass is 433 g/mol. The van der Waals surface area contributed by atoms with Crippen LogP contribution >= 0.6 is 0 Å². The lowest BCUT2D eigenvalue weighted by atomic mass is 9.88. The minimum absolute atomic E-state index is 0.0299. The van der Waals surface area contributed by atoms with Gasteiger partial charge in [0.1, 0.15) is 17.5 Å². The molecule has 7 nitrogen and oxygen atoms in total. The number of amides is 2. The fourth-order valence-corrected chi connectivity index (χ4v) is 4.23. The number of benzene rings is 1.